The summed E-state index contributed by atoms with van der Waals surface area (Å²) in [5.74, 6) is -0.811. The Morgan fingerprint density at radius 2 is 1.88 bits per heavy atom. The first-order valence-electron chi connectivity index (χ1n) is 8.05. The van der Waals surface area contributed by atoms with Crippen LogP contribution >= 0.6 is 0 Å². The number of sulfonamides is 1. The fourth-order valence-corrected chi connectivity index (χ4v) is 8.72. The van der Waals surface area contributed by atoms with E-state index < -0.39 is 20.7 Å². The van der Waals surface area contributed by atoms with Crippen molar-refractivity contribution in [3.05, 3.63) is 30.1 Å². The Labute approximate surface area is 145 Å². The summed E-state index contributed by atoms with van der Waals surface area (Å²) in [6.07, 6.45) is 3.88. The molecule has 0 saturated carbocycles. The summed E-state index contributed by atoms with van der Waals surface area (Å²) < 4.78 is 40.7. The van der Waals surface area contributed by atoms with Gasteiger partial charge in [-0.15, -0.1) is 0 Å². The van der Waals surface area contributed by atoms with Crippen LogP contribution in [0.5, 0.6) is 0 Å². The van der Waals surface area contributed by atoms with Crippen LogP contribution in [0.2, 0.25) is 0 Å². The summed E-state index contributed by atoms with van der Waals surface area (Å²) in [4.78, 5) is 12.3. The van der Waals surface area contributed by atoms with E-state index in [0.29, 0.717) is 32.4 Å². The minimum absolute atomic E-state index is 0.0242. The van der Waals surface area contributed by atoms with Crippen molar-refractivity contribution in [3.8, 4) is 0 Å². The zero-order chi connectivity index (χ0) is 17.5. The van der Waals surface area contributed by atoms with Gasteiger partial charge in [0.1, 0.15) is 12.1 Å². The SMILES string of the molecule is CC[C@H]1C(=O)N(S(=O)(=O)c2ccc(F)cc2)C2(CCNCC2)[S+]1C. The van der Waals surface area contributed by atoms with Crippen LogP contribution in [0.3, 0.4) is 0 Å². The third kappa shape index (κ3) is 2.55. The number of carbonyl (C=O) groups is 1. The summed E-state index contributed by atoms with van der Waals surface area (Å²) in [7, 11) is -4.35. The molecule has 1 amide bonds. The highest BCUT2D eigenvalue weighted by Crippen LogP contribution is 2.45. The van der Waals surface area contributed by atoms with Crippen LogP contribution in [0.1, 0.15) is 26.2 Å². The predicted octanol–water partition coefficient (Wildman–Crippen LogP) is 1.46. The molecule has 2 aliphatic heterocycles. The quantitative estimate of drug-likeness (QED) is 0.815. The molecular weight excluding hydrogens is 351 g/mol. The summed E-state index contributed by atoms with van der Waals surface area (Å²) in [5.41, 5.74) is 0. The number of nitrogens with one attached hydrogen (secondary N) is 1. The second kappa shape index (κ2) is 6.31. The molecule has 2 saturated heterocycles. The van der Waals surface area contributed by atoms with Gasteiger partial charge in [-0.1, -0.05) is 6.92 Å². The molecule has 132 valence electrons. The van der Waals surface area contributed by atoms with Crippen molar-refractivity contribution in [1.29, 1.82) is 0 Å². The molecule has 0 bridgehead atoms. The van der Waals surface area contributed by atoms with E-state index in [-0.39, 0.29) is 26.9 Å². The molecule has 1 unspecified atom stereocenters. The highest BCUT2D eigenvalue weighted by atomic mass is 32.2. The van der Waals surface area contributed by atoms with Gasteiger partial charge in [0.15, 0.2) is 5.25 Å². The minimum atomic E-state index is -3.99. The number of hydrogen-bond donors (Lipinski definition) is 1. The van der Waals surface area contributed by atoms with Crippen molar-refractivity contribution in [1.82, 2.24) is 9.62 Å². The molecule has 5 nitrogen and oxygen atoms in total. The van der Waals surface area contributed by atoms with Crippen LogP contribution in [0.4, 0.5) is 4.39 Å². The number of carbonyl (C=O) groups excluding carboxylic acids is 1. The maximum Gasteiger partial charge on any atom is 0.293 e. The largest absolute Gasteiger partial charge is 0.316 e. The molecule has 1 spiro atoms. The number of piperidine rings is 1. The molecule has 3 rings (SSSR count). The van der Waals surface area contributed by atoms with Crippen molar-refractivity contribution >= 4 is 26.8 Å². The lowest BCUT2D eigenvalue weighted by Crippen LogP contribution is -2.57. The molecule has 1 aromatic carbocycles. The van der Waals surface area contributed by atoms with E-state index in [1.54, 1.807) is 0 Å². The van der Waals surface area contributed by atoms with Crippen molar-refractivity contribution in [2.75, 3.05) is 19.3 Å². The highest BCUT2D eigenvalue weighted by Gasteiger charge is 2.68. The Bertz CT molecular complexity index is 730. The molecule has 0 aromatic heterocycles. The zero-order valence-electron chi connectivity index (χ0n) is 13.8. The first kappa shape index (κ1) is 17.7. The molecule has 2 fully saturated rings. The first-order valence-corrected chi connectivity index (χ1v) is 11.2. The molecule has 1 N–H and O–H groups in total. The van der Waals surface area contributed by atoms with E-state index in [9.17, 15) is 17.6 Å². The second-order valence-corrected chi connectivity index (χ2v) is 10.4. The summed E-state index contributed by atoms with van der Waals surface area (Å²) >= 11 is 0. The van der Waals surface area contributed by atoms with Gasteiger partial charge in [0.2, 0.25) is 4.87 Å². The fourth-order valence-electron chi connectivity index (χ4n) is 3.69. The Morgan fingerprint density at radius 3 is 2.42 bits per heavy atom. The molecule has 8 heteroatoms. The summed E-state index contributed by atoms with van der Waals surface area (Å²) in [6, 6.07) is 4.71. The number of nitrogens with zero attached hydrogens (tertiary/aromatic N) is 1. The van der Waals surface area contributed by atoms with Gasteiger partial charge in [0, 0.05) is 43.2 Å². The Balaban J connectivity index is 2.11. The summed E-state index contributed by atoms with van der Waals surface area (Å²) in [5, 5.41) is 2.98. The second-order valence-electron chi connectivity index (χ2n) is 6.21. The Hall–Kier alpha value is -1.12. The van der Waals surface area contributed by atoms with Gasteiger partial charge < -0.3 is 5.32 Å². The number of halogens is 1. The van der Waals surface area contributed by atoms with Gasteiger partial charge in [-0.05, 0) is 24.3 Å². The van der Waals surface area contributed by atoms with Gasteiger partial charge in [0.25, 0.3) is 15.9 Å². The number of hydrogen-bond acceptors (Lipinski definition) is 4. The van der Waals surface area contributed by atoms with E-state index in [4.69, 9.17) is 0 Å². The normalized spacial score (nSPS) is 27.0. The van der Waals surface area contributed by atoms with Crippen LogP contribution in [0.15, 0.2) is 29.2 Å². The van der Waals surface area contributed by atoms with E-state index in [1.165, 1.54) is 12.1 Å². The lowest BCUT2D eigenvalue weighted by Gasteiger charge is -2.36. The standard InChI is InChI=1S/C16H22FN2O3S2/c1-3-14-15(20)19(16(23(14)2)8-10-18-11-9-16)24(21,22)13-6-4-12(17)5-7-13/h4-7,14,18H,3,8-11H2,1-2H3/q+1/t14-,23?/m0/s1. The number of rotatable bonds is 3. The van der Waals surface area contributed by atoms with Crippen LogP contribution in [-0.4, -0.2) is 48.1 Å². The fraction of sp³-hybridized carbons (Fsp3) is 0.562. The van der Waals surface area contributed by atoms with Gasteiger partial charge in [-0.3, -0.25) is 4.79 Å². The Morgan fingerprint density at radius 1 is 1.29 bits per heavy atom. The van der Waals surface area contributed by atoms with Crippen LogP contribution in [-0.2, 0) is 25.7 Å². The van der Waals surface area contributed by atoms with Gasteiger partial charge >= 0.3 is 0 Å². The lowest BCUT2D eigenvalue weighted by molar-refractivity contribution is -0.127. The number of benzene rings is 1. The molecule has 0 aliphatic carbocycles. The average Bonchev–Trinajstić information content (AvgIpc) is 2.76. The molecular formula is C16H22FN2O3S2+. The minimum Gasteiger partial charge on any atom is -0.316 e. The molecule has 0 radical (unpaired) electrons. The third-order valence-electron chi connectivity index (χ3n) is 4.98. The van der Waals surface area contributed by atoms with Gasteiger partial charge in [-0.25, -0.2) is 12.8 Å². The molecule has 1 aromatic rings. The van der Waals surface area contributed by atoms with E-state index in [0.717, 1.165) is 16.4 Å². The van der Waals surface area contributed by atoms with E-state index in [1.807, 2.05) is 13.2 Å². The third-order valence-corrected chi connectivity index (χ3v) is 10.2. The zero-order valence-corrected chi connectivity index (χ0v) is 15.4. The topological polar surface area (TPSA) is 66.5 Å². The van der Waals surface area contributed by atoms with Crippen molar-refractivity contribution < 1.29 is 17.6 Å². The maximum atomic E-state index is 13.2. The van der Waals surface area contributed by atoms with E-state index >= 15 is 0 Å². The monoisotopic (exact) mass is 373 g/mol. The molecule has 2 aliphatic rings. The molecule has 24 heavy (non-hydrogen) atoms. The van der Waals surface area contributed by atoms with Crippen LogP contribution in [0, 0.1) is 5.82 Å². The van der Waals surface area contributed by atoms with Crippen molar-refractivity contribution in [2.24, 2.45) is 0 Å². The number of amides is 1. The van der Waals surface area contributed by atoms with Gasteiger partial charge in [0.05, 0.1) is 4.90 Å². The first-order chi connectivity index (χ1) is 11.3. The molecule has 2 atom stereocenters. The average molecular weight is 373 g/mol. The van der Waals surface area contributed by atoms with E-state index in [2.05, 4.69) is 5.32 Å². The molecule has 2 heterocycles. The highest BCUT2D eigenvalue weighted by molar-refractivity contribution is 8.01. The maximum absolute atomic E-state index is 13.2. The summed E-state index contributed by atoms with van der Waals surface area (Å²) in [6.45, 7) is 3.31. The van der Waals surface area contributed by atoms with Crippen LogP contribution in [0.25, 0.3) is 0 Å². The van der Waals surface area contributed by atoms with Crippen LogP contribution < -0.4 is 5.32 Å². The lowest BCUT2D eigenvalue weighted by atomic mass is 10.1. The van der Waals surface area contributed by atoms with Crippen molar-refractivity contribution in [3.63, 3.8) is 0 Å². The smallest absolute Gasteiger partial charge is 0.293 e. The predicted molar refractivity (Wildman–Crippen MR) is 92.6 cm³/mol. The van der Waals surface area contributed by atoms with Crippen molar-refractivity contribution in [2.45, 2.75) is 41.2 Å². The van der Waals surface area contributed by atoms with Gasteiger partial charge in [-0.2, -0.15) is 4.31 Å². The Kier molecular flexibility index (Phi) is 4.65.